The number of carbonyl (C=O) groups excluding carboxylic acids is 1. The van der Waals surface area contributed by atoms with E-state index in [-0.39, 0.29) is 11.3 Å². The third-order valence-electron chi connectivity index (χ3n) is 3.05. The van der Waals surface area contributed by atoms with Crippen LogP contribution in [0.2, 0.25) is 0 Å². The summed E-state index contributed by atoms with van der Waals surface area (Å²) in [7, 11) is 3.45. The Morgan fingerprint density at radius 3 is 2.68 bits per heavy atom. The van der Waals surface area contributed by atoms with E-state index in [1.807, 2.05) is 31.3 Å². The van der Waals surface area contributed by atoms with Gasteiger partial charge < -0.3 is 15.4 Å². The van der Waals surface area contributed by atoms with Crippen LogP contribution < -0.4 is 5.73 Å². The number of benzene rings is 1. The highest BCUT2D eigenvalue weighted by Crippen LogP contribution is 2.16. The number of hydrogen-bond acceptors (Lipinski definition) is 3. The minimum Gasteiger partial charge on any atom is -0.380 e. The molecule has 19 heavy (non-hydrogen) atoms. The van der Waals surface area contributed by atoms with E-state index in [4.69, 9.17) is 10.5 Å². The molecule has 0 fully saturated rings. The molecule has 1 rings (SSSR count). The van der Waals surface area contributed by atoms with Gasteiger partial charge in [-0.05, 0) is 29.7 Å². The van der Waals surface area contributed by atoms with Crippen molar-refractivity contribution < 1.29 is 9.53 Å². The molecule has 4 nitrogen and oxygen atoms in total. The molecule has 0 bridgehead atoms. The number of rotatable bonds is 6. The summed E-state index contributed by atoms with van der Waals surface area (Å²) >= 11 is 0. The highest BCUT2D eigenvalue weighted by atomic mass is 16.5. The summed E-state index contributed by atoms with van der Waals surface area (Å²) in [6, 6.07) is 7.53. The van der Waals surface area contributed by atoms with Crippen molar-refractivity contribution in [1.29, 1.82) is 0 Å². The second-order valence-electron chi connectivity index (χ2n) is 5.66. The normalized spacial score (nSPS) is 11.4. The monoisotopic (exact) mass is 264 g/mol. The molecule has 4 heteroatoms. The Morgan fingerprint density at radius 1 is 1.42 bits per heavy atom. The molecule has 0 heterocycles. The molecule has 0 saturated heterocycles. The van der Waals surface area contributed by atoms with Crippen LogP contribution in [0.1, 0.15) is 29.8 Å². The highest BCUT2D eigenvalue weighted by molar-refractivity contribution is 5.94. The molecule has 0 atom stereocenters. The van der Waals surface area contributed by atoms with Crippen molar-refractivity contribution >= 4 is 5.91 Å². The molecule has 0 aromatic heterocycles. The van der Waals surface area contributed by atoms with Gasteiger partial charge in [0.15, 0.2) is 0 Å². The highest BCUT2D eigenvalue weighted by Gasteiger charge is 2.21. The predicted octanol–water partition coefficient (Wildman–Crippen LogP) is 1.89. The number of nitrogens with two attached hydrogens (primary N) is 1. The van der Waals surface area contributed by atoms with E-state index < -0.39 is 0 Å². The van der Waals surface area contributed by atoms with Gasteiger partial charge in [0, 0.05) is 26.3 Å². The predicted molar refractivity (Wildman–Crippen MR) is 77.0 cm³/mol. The van der Waals surface area contributed by atoms with Gasteiger partial charge in [-0.1, -0.05) is 26.0 Å². The van der Waals surface area contributed by atoms with Crippen LogP contribution in [-0.4, -0.2) is 38.1 Å². The van der Waals surface area contributed by atoms with Gasteiger partial charge >= 0.3 is 0 Å². The Morgan fingerprint density at radius 2 is 2.11 bits per heavy atom. The van der Waals surface area contributed by atoms with E-state index in [0.29, 0.717) is 25.3 Å². The van der Waals surface area contributed by atoms with E-state index in [1.54, 1.807) is 12.0 Å². The first-order valence-electron chi connectivity index (χ1n) is 6.43. The van der Waals surface area contributed by atoms with Gasteiger partial charge in [0.2, 0.25) is 0 Å². The lowest BCUT2D eigenvalue weighted by Crippen LogP contribution is -2.39. The standard InChI is InChI=1S/C15H24N2O2/c1-15(2,10-16)11-17(3)14(18)13-7-5-6-12(8-13)9-19-4/h5-8H,9-11,16H2,1-4H3. The van der Waals surface area contributed by atoms with Crippen molar-refractivity contribution in [3.63, 3.8) is 0 Å². The van der Waals surface area contributed by atoms with Crippen molar-refractivity contribution in [3.8, 4) is 0 Å². The lowest BCUT2D eigenvalue weighted by molar-refractivity contribution is 0.0740. The van der Waals surface area contributed by atoms with Gasteiger partial charge in [-0.2, -0.15) is 0 Å². The van der Waals surface area contributed by atoms with Gasteiger partial charge in [-0.3, -0.25) is 4.79 Å². The molecular weight excluding hydrogens is 240 g/mol. The molecule has 1 aromatic rings. The topological polar surface area (TPSA) is 55.6 Å². The Labute approximate surface area is 115 Å². The molecule has 0 radical (unpaired) electrons. The summed E-state index contributed by atoms with van der Waals surface area (Å²) in [6.07, 6.45) is 0. The molecule has 2 N–H and O–H groups in total. The fraction of sp³-hybridized carbons (Fsp3) is 0.533. The maximum absolute atomic E-state index is 12.3. The van der Waals surface area contributed by atoms with E-state index in [2.05, 4.69) is 13.8 Å². The molecular formula is C15H24N2O2. The fourth-order valence-electron chi connectivity index (χ4n) is 1.96. The van der Waals surface area contributed by atoms with E-state index in [1.165, 1.54) is 0 Å². The Kier molecular flexibility index (Phi) is 5.51. The first-order valence-corrected chi connectivity index (χ1v) is 6.43. The Bertz CT molecular complexity index is 430. The first-order chi connectivity index (χ1) is 8.89. The SMILES string of the molecule is COCc1cccc(C(=O)N(C)CC(C)(C)CN)c1. The summed E-state index contributed by atoms with van der Waals surface area (Å²) < 4.78 is 5.08. The van der Waals surface area contributed by atoms with Crippen LogP contribution >= 0.6 is 0 Å². The Hall–Kier alpha value is -1.39. The summed E-state index contributed by atoms with van der Waals surface area (Å²) in [6.45, 7) is 5.81. The second kappa shape index (κ2) is 6.68. The average Bonchev–Trinajstić information content (AvgIpc) is 2.38. The van der Waals surface area contributed by atoms with Gasteiger partial charge in [-0.25, -0.2) is 0 Å². The maximum Gasteiger partial charge on any atom is 0.253 e. The quantitative estimate of drug-likeness (QED) is 0.853. The fourth-order valence-corrected chi connectivity index (χ4v) is 1.96. The van der Waals surface area contributed by atoms with Gasteiger partial charge in [-0.15, -0.1) is 0 Å². The molecule has 0 aliphatic heterocycles. The average molecular weight is 264 g/mol. The second-order valence-corrected chi connectivity index (χ2v) is 5.66. The number of nitrogens with zero attached hydrogens (tertiary/aromatic N) is 1. The third-order valence-corrected chi connectivity index (χ3v) is 3.05. The van der Waals surface area contributed by atoms with Crippen molar-refractivity contribution in [2.45, 2.75) is 20.5 Å². The van der Waals surface area contributed by atoms with E-state index in [9.17, 15) is 4.79 Å². The lowest BCUT2D eigenvalue weighted by Gasteiger charge is -2.29. The van der Waals surface area contributed by atoms with Crippen LogP contribution in [0.4, 0.5) is 0 Å². The molecule has 0 unspecified atom stereocenters. The number of amides is 1. The van der Waals surface area contributed by atoms with Crippen molar-refractivity contribution in [2.75, 3.05) is 27.2 Å². The van der Waals surface area contributed by atoms with Crippen LogP contribution in [-0.2, 0) is 11.3 Å². The largest absolute Gasteiger partial charge is 0.380 e. The molecule has 0 aliphatic rings. The molecule has 0 saturated carbocycles. The Balaban J connectivity index is 2.79. The maximum atomic E-state index is 12.3. The third kappa shape index (κ3) is 4.65. The van der Waals surface area contributed by atoms with Gasteiger partial charge in [0.1, 0.15) is 0 Å². The van der Waals surface area contributed by atoms with Crippen molar-refractivity contribution in [1.82, 2.24) is 4.90 Å². The molecule has 1 amide bonds. The van der Waals surface area contributed by atoms with Gasteiger partial charge in [0.05, 0.1) is 6.61 Å². The summed E-state index contributed by atoms with van der Waals surface area (Å²) in [5.74, 6) is 0.0134. The number of hydrogen-bond donors (Lipinski definition) is 1. The number of ether oxygens (including phenoxy) is 1. The molecule has 0 aliphatic carbocycles. The zero-order chi connectivity index (χ0) is 14.5. The zero-order valence-corrected chi connectivity index (χ0v) is 12.3. The van der Waals surface area contributed by atoms with Gasteiger partial charge in [0.25, 0.3) is 5.91 Å². The van der Waals surface area contributed by atoms with Crippen LogP contribution in [0.3, 0.4) is 0 Å². The van der Waals surface area contributed by atoms with Crippen LogP contribution in [0.15, 0.2) is 24.3 Å². The molecule has 0 spiro atoms. The summed E-state index contributed by atoms with van der Waals surface area (Å²) in [5, 5.41) is 0. The zero-order valence-electron chi connectivity index (χ0n) is 12.3. The summed E-state index contributed by atoms with van der Waals surface area (Å²) in [4.78, 5) is 14.1. The van der Waals surface area contributed by atoms with Crippen molar-refractivity contribution in [3.05, 3.63) is 35.4 Å². The lowest BCUT2D eigenvalue weighted by atomic mass is 9.93. The first kappa shape index (κ1) is 15.7. The summed E-state index contributed by atoms with van der Waals surface area (Å²) in [5.41, 5.74) is 7.31. The van der Waals surface area contributed by atoms with Crippen LogP contribution in [0.5, 0.6) is 0 Å². The number of carbonyl (C=O) groups is 1. The van der Waals surface area contributed by atoms with Crippen LogP contribution in [0.25, 0.3) is 0 Å². The number of methoxy groups -OCH3 is 1. The minimum atomic E-state index is -0.0749. The molecule has 1 aromatic carbocycles. The van der Waals surface area contributed by atoms with E-state index >= 15 is 0 Å². The van der Waals surface area contributed by atoms with Crippen LogP contribution in [0, 0.1) is 5.41 Å². The smallest absolute Gasteiger partial charge is 0.253 e. The van der Waals surface area contributed by atoms with Crippen molar-refractivity contribution in [2.24, 2.45) is 11.1 Å². The minimum absolute atomic E-state index is 0.0134. The molecule has 106 valence electrons. The van der Waals surface area contributed by atoms with E-state index in [0.717, 1.165) is 5.56 Å².